The predicted molar refractivity (Wildman–Crippen MR) is 83.9 cm³/mol. The van der Waals surface area contributed by atoms with Gasteiger partial charge in [-0.05, 0) is 38.1 Å². The normalized spacial score (nSPS) is 22.0. The van der Waals surface area contributed by atoms with Gasteiger partial charge in [0.2, 0.25) is 0 Å². The Kier molecular flexibility index (Phi) is 4.18. The number of amides is 1. The third kappa shape index (κ3) is 3.00. The molecule has 1 aromatic carbocycles. The van der Waals surface area contributed by atoms with Gasteiger partial charge >= 0.3 is 0 Å². The Bertz CT molecular complexity index is 668. The number of nitrogens with zero attached hydrogens (tertiary/aromatic N) is 2. The maximum atomic E-state index is 12.3. The lowest BCUT2D eigenvalue weighted by Crippen LogP contribution is -2.39. The summed E-state index contributed by atoms with van der Waals surface area (Å²) in [5.74, 6) is 0.430. The first kappa shape index (κ1) is 15.1. The fraction of sp³-hybridized carbons (Fsp3) is 0.375. The highest BCUT2D eigenvalue weighted by Crippen LogP contribution is 2.31. The lowest BCUT2D eigenvalue weighted by molar-refractivity contribution is 0.0918. The number of nitrogens with one attached hydrogen (secondary N) is 1. The number of hydrogen-bond acceptors (Lipinski definition) is 4. The van der Waals surface area contributed by atoms with E-state index in [0.717, 1.165) is 18.5 Å². The minimum absolute atomic E-state index is 0.0377. The van der Waals surface area contributed by atoms with Gasteiger partial charge < -0.3 is 9.84 Å². The van der Waals surface area contributed by atoms with E-state index in [4.69, 9.17) is 16.1 Å². The van der Waals surface area contributed by atoms with Gasteiger partial charge in [0.05, 0.1) is 12.1 Å². The highest BCUT2D eigenvalue weighted by molar-refractivity contribution is 6.30. The van der Waals surface area contributed by atoms with Crippen LogP contribution in [0.4, 0.5) is 0 Å². The number of likely N-dealkylation sites (N-methyl/N-ethyl adjacent to an activating group) is 1. The van der Waals surface area contributed by atoms with E-state index in [-0.39, 0.29) is 18.0 Å². The lowest BCUT2D eigenvalue weighted by Gasteiger charge is -2.26. The van der Waals surface area contributed by atoms with Crippen molar-refractivity contribution < 1.29 is 9.32 Å². The van der Waals surface area contributed by atoms with Crippen molar-refractivity contribution in [3.8, 4) is 0 Å². The van der Waals surface area contributed by atoms with Crippen LogP contribution in [-0.4, -0.2) is 35.6 Å². The highest BCUT2D eigenvalue weighted by atomic mass is 35.5. The van der Waals surface area contributed by atoms with Crippen molar-refractivity contribution in [2.75, 3.05) is 13.6 Å². The molecule has 2 heterocycles. The van der Waals surface area contributed by atoms with Crippen molar-refractivity contribution in [1.82, 2.24) is 15.4 Å². The molecular formula is C16H18ClN3O2. The molecule has 1 aliphatic rings. The van der Waals surface area contributed by atoms with Gasteiger partial charge in [0.25, 0.3) is 5.91 Å². The van der Waals surface area contributed by atoms with Crippen molar-refractivity contribution in [2.45, 2.75) is 25.4 Å². The number of carbonyl (C=O) groups excluding carboxylic acids is 1. The summed E-state index contributed by atoms with van der Waals surface area (Å²) in [5, 5.41) is 7.55. The molecule has 1 saturated heterocycles. The molecular weight excluding hydrogens is 302 g/mol. The summed E-state index contributed by atoms with van der Waals surface area (Å²) in [6, 6.07) is 9.59. The van der Waals surface area contributed by atoms with Crippen LogP contribution < -0.4 is 5.32 Å². The molecule has 2 atom stereocenters. The quantitative estimate of drug-likeness (QED) is 0.945. The van der Waals surface area contributed by atoms with Gasteiger partial charge in [0.1, 0.15) is 5.76 Å². The molecule has 116 valence electrons. The molecule has 2 unspecified atom stereocenters. The van der Waals surface area contributed by atoms with Crippen molar-refractivity contribution in [3.63, 3.8) is 0 Å². The highest BCUT2D eigenvalue weighted by Gasteiger charge is 2.34. The molecule has 3 rings (SSSR count). The zero-order valence-electron chi connectivity index (χ0n) is 12.5. The zero-order valence-corrected chi connectivity index (χ0v) is 13.3. The average molecular weight is 320 g/mol. The van der Waals surface area contributed by atoms with Crippen LogP contribution in [0.25, 0.3) is 0 Å². The monoisotopic (exact) mass is 319 g/mol. The Balaban J connectivity index is 1.77. The fourth-order valence-electron chi connectivity index (χ4n) is 2.96. The number of rotatable bonds is 3. The molecule has 0 spiro atoms. The molecule has 22 heavy (non-hydrogen) atoms. The molecule has 5 nitrogen and oxygen atoms in total. The number of aryl methyl sites for hydroxylation is 1. The van der Waals surface area contributed by atoms with E-state index in [1.807, 2.05) is 24.3 Å². The number of hydrogen-bond donors (Lipinski definition) is 1. The van der Waals surface area contributed by atoms with E-state index in [0.29, 0.717) is 16.5 Å². The number of halogens is 1. The Morgan fingerprint density at radius 2 is 2.14 bits per heavy atom. The van der Waals surface area contributed by atoms with Crippen LogP contribution in [0.3, 0.4) is 0 Å². The lowest BCUT2D eigenvalue weighted by atomic mass is 10.00. The molecule has 1 aromatic heterocycles. The number of likely N-dealkylation sites (tertiary alicyclic amines) is 1. The third-order valence-corrected chi connectivity index (χ3v) is 4.29. The molecule has 0 saturated carbocycles. The van der Waals surface area contributed by atoms with Crippen molar-refractivity contribution in [3.05, 3.63) is 52.4 Å². The maximum absolute atomic E-state index is 12.3. The minimum Gasteiger partial charge on any atom is -0.361 e. The second-order valence-corrected chi connectivity index (χ2v) is 6.10. The number of aromatic nitrogens is 1. The Hall–Kier alpha value is -1.85. The molecule has 1 aliphatic heterocycles. The van der Waals surface area contributed by atoms with E-state index in [2.05, 4.69) is 22.4 Å². The summed E-state index contributed by atoms with van der Waals surface area (Å²) >= 11 is 5.96. The molecule has 2 aromatic rings. The van der Waals surface area contributed by atoms with Crippen molar-refractivity contribution in [2.24, 2.45) is 0 Å². The van der Waals surface area contributed by atoms with E-state index in [9.17, 15) is 4.79 Å². The molecule has 6 heteroatoms. The second kappa shape index (κ2) is 6.10. The Morgan fingerprint density at radius 1 is 1.41 bits per heavy atom. The molecule has 0 radical (unpaired) electrons. The standard InChI is InChI=1S/C16H18ClN3O2/c1-10-9-14(19-22-10)16(21)18-13-7-8-20(2)15(13)11-3-5-12(17)6-4-11/h3-6,9,13,15H,7-8H2,1-2H3,(H,18,21). The van der Waals surface area contributed by atoms with E-state index in [1.54, 1.807) is 13.0 Å². The first-order valence-corrected chi connectivity index (χ1v) is 7.62. The Morgan fingerprint density at radius 3 is 2.77 bits per heavy atom. The van der Waals surface area contributed by atoms with Crippen molar-refractivity contribution >= 4 is 17.5 Å². The van der Waals surface area contributed by atoms with Crippen LogP contribution >= 0.6 is 11.6 Å². The zero-order chi connectivity index (χ0) is 15.7. The van der Waals surface area contributed by atoms with Crippen LogP contribution in [0, 0.1) is 6.92 Å². The van der Waals surface area contributed by atoms with Crippen LogP contribution in [0.5, 0.6) is 0 Å². The minimum atomic E-state index is -0.198. The molecule has 1 N–H and O–H groups in total. The summed E-state index contributed by atoms with van der Waals surface area (Å²) in [5.41, 5.74) is 1.47. The SMILES string of the molecule is Cc1cc(C(=O)NC2CCN(C)C2c2ccc(Cl)cc2)no1. The average Bonchev–Trinajstić information content (AvgIpc) is 3.07. The second-order valence-electron chi connectivity index (χ2n) is 5.67. The van der Waals surface area contributed by atoms with E-state index < -0.39 is 0 Å². The van der Waals surface area contributed by atoms with Gasteiger partial charge in [-0.1, -0.05) is 28.9 Å². The topological polar surface area (TPSA) is 58.4 Å². The van der Waals surface area contributed by atoms with E-state index >= 15 is 0 Å². The molecule has 0 bridgehead atoms. The van der Waals surface area contributed by atoms with Crippen molar-refractivity contribution in [1.29, 1.82) is 0 Å². The number of benzene rings is 1. The Labute approximate surface area is 134 Å². The largest absolute Gasteiger partial charge is 0.361 e. The van der Waals surface area contributed by atoms with Gasteiger partial charge in [0.15, 0.2) is 5.69 Å². The maximum Gasteiger partial charge on any atom is 0.273 e. The first-order valence-electron chi connectivity index (χ1n) is 7.24. The number of carbonyl (C=O) groups is 1. The molecule has 0 aliphatic carbocycles. The third-order valence-electron chi connectivity index (χ3n) is 4.04. The van der Waals surface area contributed by atoms with Crippen LogP contribution in [0.1, 0.15) is 34.3 Å². The van der Waals surface area contributed by atoms with Crippen LogP contribution in [0.2, 0.25) is 5.02 Å². The van der Waals surface area contributed by atoms with E-state index in [1.165, 1.54) is 0 Å². The fourth-order valence-corrected chi connectivity index (χ4v) is 3.09. The summed E-state index contributed by atoms with van der Waals surface area (Å²) in [6.07, 6.45) is 0.895. The van der Waals surface area contributed by atoms with Gasteiger partial charge in [-0.3, -0.25) is 9.69 Å². The van der Waals surface area contributed by atoms with Gasteiger partial charge in [0, 0.05) is 17.6 Å². The van der Waals surface area contributed by atoms with Crippen LogP contribution in [-0.2, 0) is 0 Å². The smallest absolute Gasteiger partial charge is 0.273 e. The molecule has 1 amide bonds. The summed E-state index contributed by atoms with van der Waals surface area (Å²) < 4.78 is 4.96. The first-order chi connectivity index (χ1) is 10.5. The molecule has 1 fully saturated rings. The van der Waals surface area contributed by atoms with Gasteiger partial charge in [-0.2, -0.15) is 0 Å². The summed E-state index contributed by atoms with van der Waals surface area (Å²) in [4.78, 5) is 14.5. The predicted octanol–water partition coefficient (Wildman–Crippen LogP) is 2.81. The van der Waals surface area contributed by atoms with Crippen LogP contribution in [0.15, 0.2) is 34.9 Å². The van der Waals surface area contributed by atoms with Gasteiger partial charge in [-0.25, -0.2) is 0 Å². The van der Waals surface area contributed by atoms with Gasteiger partial charge in [-0.15, -0.1) is 0 Å². The summed E-state index contributed by atoms with van der Waals surface area (Å²) in [7, 11) is 2.06. The summed E-state index contributed by atoms with van der Waals surface area (Å²) in [6.45, 7) is 2.69.